The average molecular weight is 367 g/mol. The zero-order valence-electron chi connectivity index (χ0n) is 12.8. The van der Waals surface area contributed by atoms with Gasteiger partial charge in [-0.25, -0.2) is 0 Å². The number of likely N-dealkylation sites (tertiary alicyclic amines) is 1. The van der Waals surface area contributed by atoms with Crippen LogP contribution in [0.4, 0.5) is 5.69 Å². The number of amides is 2. The van der Waals surface area contributed by atoms with Crippen LogP contribution in [0.3, 0.4) is 0 Å². The Balaban J connectivity index is 1.77. The van der Waals surface area contributed by atoms with E-state index < -0.39 is 6.04 Å². The number of hydrogen-bond acceptors (Lipinski definition) is 3. The predicted molar refractivity (Wildman–Crippen MR) is 92.4 cm³/mol. The highest BCUT2D eigenvalue weighted by atomic mass is 35.5. The molecule has 1 aromatic carbocycles. The molecule has 3 rings (SSSR count). The summed E-state index contributed by atoms with van der Waals surface area (Å²) >= 11 is 12.0. The first-order valence-corrected chi connectivity index (χ1v) is 8.37. The van der Waals surface area contributed by atoms with Crippen LogP contribution < -0.4 is 5.32 Å². The van der Waals surface area contributed by atoms with Crippen molar-refractivity contribution in [1.29, 1.82) is 0 Å². The van der Waals surface area contributed by atoms with Crippen LogP contribution in [0.15, 0.2) is 30.6 Å². The molecule has 126 valence electrons. The molecule has 1 fully saturated rings. The van der Waals surface area contributed by atoms with Crippen molar-refractivity contribution in [1.82, 2.24) is 15.1 Å². The third-order valence-electron chi connectivity index (χ3n) is 4.00. The van der Waals surface area contributed by atoms with Crippen LogP contribution >= 0.6 is 23.2 Å². The Morgan fingerprint density at radius 2 is 2.12 bits per heavy atom. The van der Waals surface area contributed by atoms with E-state index in [2.05, 4.69) is 15.5 Å². The molecular formula is C16H16Cl2N4O2. The molecule has 0 spiro atoms. The molecule has 0 saturated carbocycles. The molecule has 1 saturated heterocycles. The number of halogens is 2. The van der Waals surface area contributed by atoms with Gasteiger partial charge in [0.2, 0.25) is 5.91 Å². The molecule has 2 N–H and O–H groups in total. The molecule has 1 atom stereocenters. The van der Waals surface area contributed by atoms with Gasteiger partial charge in [0.15, 0.2) is 0 Å². The lowest BCUT2D eigenvalue weighted by Gasteiger charge is -2.34. The molecular weight excluding hydrogens is 351 g/mol. The Kier molecular flexibility index (Phi) is 5.06. The third-order valence-corrected chi connectivity index (χ3v) is 4.55. The molecule has 0 unspecified atom stereocenters. The van der Waals surface area contributed by atoms with E-state index in [0.717, 1.165) is 12.8 Å². The van der Waals surface area contributed by atoms with Crippen molar-refractivity contribution < 1.29 is 9.59 Å². The Morgan fingerprint density at radius 3 is 2.83 bits per heavy atom. The van der Waals surface area contributed by atoms with Gasteiger partial charge in [-0.15, -0.1) is 0 Å². The largest absolute Gasteiger partial charge is 0.327 e. The van der Waals surface area contributed by atoms with Crippen LogP contribution in [0.2, 0.25) is 10.0 Å². The fraction of sp³-hybridized carbons (Fsp3) is 0.312. The maximum absolute atomic E-state index is 12.7. The van der Waals surface area contributed by atoms with Gasteiger partial charge in [-0.3, -0.25) is 14.7 Å². The number of rotatable bonds is 3. The number of anilines is 1. The highest BCUT2D eigenvalue weighted by Crippen LogP contribution is 2.27. The Hall–Kier alpha value is -2.05. The highest BCUT2D eigenvalue weighted by Gasteiger charge is 2.33. The topological polar surface area (TPSA) is 78.1 Å². The first-order chi connectivity index (χ1) is 11.6. The van der Waals surface area contributed by atoms with Gasteiger partial charge in [0.05, 0.1) is 22.5 Å². The molecule has 1 aromatic heterocycles. The van der Waals surface area contributed by atoms with E-state index in [1.54, 1.807) is 23.1 Å². The number of aromatic nitrogens is 2. The summed E-state index contributed by atoms with van der Waals surface area (Å²) in [6.07, 6.45) is 5.36. The molecule has 0 radical (unpaired) electrons. The van der Waals surface area contributed by atoms with Crippen molar-refractivity contribution in [3.05, 3.63) is 46.2 Å². The SMILES string of the molecule is O=C(Nc1ccc(Cl)cc1Cl)[C@@H]1CCCCN1C(=O)c1cn[nH]c1. The smallest absolute Gasteiger partial charge is 0.257 e. The fourth-order valence-corrected chi connectivity index (χ4v) is 3.24. The number of hydrogen-bond donors (Lipinski definition) is 2. The Bertz CT molecular complexity index is 749. The molecule has 0 bridgehead atoms. The summed E-state index contributed by atoms with van der Waals surface area (Å²) < 4.78 is 0. The number of H-pyrrole nitrogens is 1. The number of piperidine rings is 1. The van der Waals surface area contributed by atoms with E-state index in [9.17, 15) is 9.59 Å². The molecule has 24 heavy (non-hydrogen) atoms. The molecule has 6 nitrogen and oxygen atoms in total. The van der Waals surface area contributed by atoms with Crippen LogP contribution in [0.5, 0.6) is 0 Å². The summed E-state index contributed by atoms with van der Waals surface area (Å²) in [5, 5.41) is 10.1. The maximum atomic E-state index is 12.7. The second-order valence-corrected chi connectivity index (χ2v) is 6.45. The predicted octanol–water partition coefficient (Wildman–Crippen LogP) is 3.35. The van der Waals surface area contributed by atoms with Crippen LogP contribution in [0, 0.1) is 0 Å². The Labute approximate surface area is 149 Å². The number of carbonyl (C=O) groups is 2. The van der Waals surface area contributed by atoms with Crippen molar-refractivity contribution >= 4 is 40.7 Å². The number of aromatic amines is 1. The van der Waals surface area contributed by atoms with Crippen molar-refractivity contribution in [3.63, 3.8) is 0 Å². The van der Waals surface area contributed by atoms with Gasteiger partial charge in [0.25, 0.3) is 5.91 Å². The zero-order chi connectivity index (χ0) is 17.1. The van der Waals surface area contributed by atoms with Gasteiger partial charge in [-0.05, 0) is 37.5 Å². The molecule has 1 aliphatic rings. The monoisotopic (exact) mass is 366 g/mol. The summed E-state index contributed by atoms with van der Waals surface area (Å²) in [5.74, 6) is -0.457. The first-order valence-electron chi connectivity index (χ1n) is 7.62. The van der Waals surface area contributed by atoms with E-state index in [4.69, 9.17) is 23.2 Å². The van der Waals surface area contributed by atoms with E-state index in [1.807, 2.05) is 0 Å². The summed E-state index contributed by atoms with van der Waals surface area (Å²) in [7, 11) is 0. The second-order valence-electron chi connectivity index (χ2n) is 5.61. The minimum atomic E-state index is -0.534. The lowest BCUT2D eigenvalue weighted by atomic mass is 10.0. The minimum Gasteiger partial charge on any atom is -0.327 e. The molecule has 2 aromatic rings. The maximum Gasteiger partial charge on any atom is 0.257 e. The molecule has 1 aliphatic heterocycles. The van der Waals surface area contributed by atoms with Crippen LogP contribution in [-0.4, -0.2) is 39.5 Å². The van der Waals surface area contributed by atoms with E-state index in [0.29, 0.717) is 34.3 Å². The van der Waals surface area contributed by atoms with Crippen LogP contribution in [-0.2, 0) is 4.79 Å². The normalized spacial score (nSPS) is 17.6. The number of carbonyl (C=O) groups excluding carboxylic acids is 2. The van der Waals surface area contributed by atoms with Crippen molar-refractivity contribution in [3.8, 4) is 0 Å². The van der Waals surface area contributed by atoms with E-state index >= 15 is 0 Å². The van der Waals surface area contributed by atoms with Crippen LogP contribution in [0.1, 0.15) is 29.6 Å². The van der Waals surface area contributed by atoms with Gasteiger partial charge in [0, 0.05) is 17.8 Å². The standard InChI is InChI=1S/C16H16Cl2N4O2/c17-11-4-5-13(12(18)7-11)21-15(23)14-3-1-2-6-22(14)16(24)10-8-19-20-9-10/h4-5,7-9,14H,1-3,6H2,(H,19,20)(H,21,23)/t14-/m0/s1. The lowest BCUT2D eigenvalue weighted by Crippen LogP contribution is -2.50. The second kappa shape index (κ2) is 7.23. The lowest BCUT2D eigenvalue weighted by molar-refractivity contribution is -0.121. The number of benzene rings is 1. The summed E-state index contributed by atoms with van der Waals surface area (Å²) in [5.41, 5.74) is 0.923. The highest BCUT2D eigenvalue weighted by molar-refractivity contribution is 6.36. The van der Waals surface area contributed by atoms with Gasteiger partial charge >= 0.3 is 0 Å². The quantitative estimate of drug-likeness (QED) is 0.873. The summed E-state index contributed by atoms with van der Waals surface area (Å²) in [6, 6.07) is 4.33. The van der Waals surface area contributed by atoms with Crippen molar-refractivity contribution in [2.75, 3.05) is 11.9 Å². The molecule has 8 heteroatoms. The summed E-state index contributed by atoms with van der Waals surface area (Å²) in [4.78, 5) is 26.8. The molecule has 0 aliphatic carbocycles. The van der Waals surface area contributed by atoms with Gasteiger partial charge in [-0.2, -0.15) is 5.10 Å². The first kappa shape index (κ1) is 16.8. The van der Waals surface area contributed by atoms with Crippen molar-refractivity contribution in [2.24, 2.45) is 0 Å². The van der Waals surface area contributed by atoms with Gasteiger partial charge < -0.3 is 10.2 Å². The van der Waals surface area contributed by atoms with E-state index in [1.165, 1.54) is 12.4 Å². The van der Waals surface area contributed by atoms with Crippen molar-refractivity contribution in [2.45, 2.75) is 25.3 Å². The zero-order valence-corrected chi connectivity index (χ0v) is 14.3. The van der Waals surface area contributed by atoms with Gasteiger partial charge in [0.1, 0.15) is 6.04 Å². The Morgan fingerprint density at radius 1 is 1.29 bits per heavy atom. The van der Waals surface area contributed by atoms with Gasteiger partial charge in [-0.1, -0.05) is 23.2 Å². The average Bonchev–Trinajstić information content (AvgIpc) is 3.11. The minimum absolute atomic E-state index is 0.203. The summed E-state index contributed by atoms with van der Waals surface area (Å²) in [6.45, 7) is 0.538. The number of nitrogens with one attached hydrogen (secondary N) is 2. The van der Waals surface area contributed by atoms with Crippen LogP contribution in [0.25, 0.3) is 0 Å². The fourth-order valence-electron chi connectivity index (χ4n) is 2.79. The molecule has 2 heterocycles. The van der Waals surface area contributed by atoms with E-state index in [-0.39, 0.29) is 11.8 Å². The molecule has 2 amide bonds. The third kappa shape index (κ3) is 3.55. The number of nitrogens with zero attached hydrogens (tertiary/aromatic N) is 2.